The van der Waals surface area contributed by atoms with Crippen LogP contribution in [-0.2, 0) is 17.9 Å². The maximum absolute atomic E-state index is 13.9. The molecule has 0 saturated carbocycles. The van der Waals surface area contributed by atoms with Gasteiger partial charge in [-0.1, -0.05) is 33.3 Å². The highest BCUT2D eigenvalue weighted by Crippen LogP contribution is 2.28. The summed E-state index contributed by atoms with van der Waals surface area (Å²) in [6.07, 6.45) is 3.64. The molecule has 0 spiro atoms. The molecule has 1 aromatic heterocycles. The molecule has 1 aliphatic heterocycles. The van der Waals surface area contributed by atoms with Crippen molar-refractivity contribution in [3.05, 3.63) is 63.1 Å². The van der Waals surface area contributed by atoms with Gasteiger partial charge in [0.2, 0.25) is 11.2 Å². The number of rotatable bonds is 9. The number of halogens is 2. The second kappa shape index (κ2) is 10.8. The molecule has 2 N–H and O–H groups in total. The number of aromatic nitrogens is 1. The Morgan fingerprint density at radius 2 is 1.94 bits per heavy atom. The van der Waals surface area contributed by atoms with Crippen LogP contribution < -0.4 is 20.8 Å². The Morgan fingerprint density at radius 3 is 2.63 bits per heavy atom. The number of ether oxygens (including phenoxy) is 1. The molecule has 2 aromatic rings. The second-order valence-electron chi connectivity index (χ2n) is 9.31. The van der Waals surface area contributed by atoms with Crippen molar-refractivity contribution in [1.82, 2.24) is 15.2 Å². The van der Waals surface area contributed by atoms with Crippen molar-refractivity contribution in [2.45, 2.75) is 59.5 Å². The number of hydrogen-bond acceptors (Lipinski definition) is 5. The SMILES string of the molecule is CCCC(C)(C)CCC(=O)Oc1c2n(cc(C(=O)NCc3ccc(F)cc3F)c1=O)CCNC2=O. The summed E-state index contributed by atoms with van der Waals surface area (Å²) >= 11 is 0. The largest absolute Gasteiger partial charge is 0.420 e. The van der Waals surface area contributed by atoms with E-state index in [1.807, 2.05) is 20.8 Å². The number of nitrogens with one attached hydrogen (secondary N) is 2. The summed E-state index contributed by atoms with van der Waals surface area (Å²) in [6, 6.07) is 2.92. The average Bonchev–Trinajstić information content (AvgIpc) is 2.79. The van der Waals surface area contributed by atoms with Crippen molar-refractivity contribution in [2.75, 3.05) is 6.54 Å². The number of fused-ring (bicyclic) bond motifs is 1. The van der Waals surface area contributed by atoms with E-state index in [4.69, 9.17) is 4.74 Å². The molecule has 0 unspecified atom stereocenters. The number of amides is 2. The smallest absolute Gasteiger partial charge is 0.311 e. The van der Waals surface area contributed by atoms with Crippen LogP contribution in [0, 0.1) is 17.0 Å². The number of esters is 1. The standard InChI is InChI=1S/C25H29F2N3O5/c1-4-8-25(2,3)9-7-19(31)35-22-20-24(34)28-10-11-30(20)14-17(21(22)32)23(33)29-13-15-5-6-16(26)12-18(15)27/h5-6,12,14H,4,7-11,13H2,1-3H3,(H,28,34)(H,29,33). The number of nitrogens with zero attached hydrogens (tertiary/aromatic N) is 1. The Labute approximate surface area is 201 Å². The molecule has 2 amide bonds. The van der Waals surface area contributed by atoms with Crippen LogP contribution in [0.25, 0.3) is 0 Å². The van der Waals surface area contributed by atoms with E-state index in [2.05, 4.69) is 10.6 Å². The van der Waals surface area contributed by atoms with Crippen molar-refractivity contribution < 1.29 is 27.9 Å². The molecule has 0 aliphatic carbocycles. The first-order valence-electron chi connectivity index (χ1n) is 11.5. The van der Waals surface area contributed by atoms with Crippen LogP contribution in [0.3, 0.4) is 0 Å². The van der Waals surface area contributed by atoms with Crippen LogP contribution in [0.2, 0.25) is 0 Å². The van der Waals surface area contributed by atoms with Gasteiger partial charge in [-0.3, -0.25) is 19.2 Å². The quantitative estimate of drug-likeness (QED) is 0.526. The molecular weight excluding hydrogens is 460 g/mol. The zero-order valence-corrected chi connectivity index (χ0v) is 20.0. The summed E-state index contributed by atoms with van der Waals surface area (Å²) in [6.45, 7) is 6.32. The van der Waals surface area contributed by atoms with Crippen molar-refractivity contribution >= 4 is 17.8 Å². The predicted octanol–water partition coefficient (Wildman–Crippen LogP) is 3.31. The molecule has 0 bridgehead atoms. The highest BCUT2D eigenvalue weighted by atomic mass is 19.1. The van der Waals surface area contributed by atoms with Gasteiger partial charge in [0.15, 0.2) is 5.69 Å². The summed E-state index contributed by atoms with van der Waals surface area (Å²) < 4.78 is 33.8. The summed E-state index contributed by atoms with van der Waals surface area (Å²) in [4.78, 5) is 51.0. The lowest BCUT2D eigenvalue weighted by molar-refractivity contribution is -0.135. The third kappa shape index (κ3) is 6.32. The minimum absolute atomic E-state index is 0.0264. The molecule has 1 aromatic carbocycles. The van der Waals surface area contributed by atoms with Crippen molar-refractivity contribution in [3.8, 4) is 5.75 Å². The first kappa shape index (κ1) is 26.1. The van der Waals surface area contributed by atoms with Crippen LogP contribution in [0.1, 0.15) is 72.9 Å². The molecule has 35 heavy (non-hydrogen) atoms. The first-order chi connectivity index (χ1) is 16.5. The Kier molecular flexibility index (Phi) is 8.03. The Morgan fingerprint density at radius 1 is 1.20 bits per heavy atom. The molecule has 1 aliphatic rings. The zero-order valence-electron chi connectivity index (χ0n) is 20.0. The molecule has 10 heteroatoms. The zero-order chi connectivity index (χ0) is 25.8. The van der Waals surface area contributed by atoms with Gasteiger partial charge in [0, 0.05) is 43.9 Å². The van der Waals surface area contributed by atoms with E-state index in [1.54, 1.807) is 0 Å². The van der Waals surface area contributed by atoms with Gasteiger partial charge in [0.1, 0.15) is 17.2 Å². The number of carbonyl (C=O) groups is 3. The first-order valence-corrected chi connectivity index (χ1v) is 11.5. The van der Waals surface area contributed by atoms with Crippen molar-refractivity contribution in [2.24, 2.45) is 5.41 Å². The molecule has 0 atom stereocenters. The number of pyridine rings is 1. The van der Waals surface area contributed by atoms with E-state index in [-0.39, 0.29) is 48.3 Å². The number of carbonyl (C=O) groups excluding carboxylic acids is 3. The van der Waals surface area contributed by atoms with E-state index in [9.17, 15) is 28.0 Å². The van der Waals surface area contributed by atoms with Gasteiger partial charge in [-0.05, 0) is 24.3 Å². The number of benzene rings is 1. The van der Waals surface area contributed by atoms with Gasteiger partial charge in [0.05, 0.1) is 0 Å². The monoisotopic (exact) mass is 489 g/mol. The highest BCUT2D eigenvalue weighted by Gasteiger charge is 2.29. The molecule has 188 valence electrons. The molecule has 2 heterocycles. The van der Waals surface area contributed by atoms with Gasteiger partial charge in [0.25, 0.3) is 11.8 Å². The van der Waals surface area contributed by atoms with Gasteiger partial charge < -0.3 is 19.9 Å². The van der Waals surface area contributed by atoms with E-state index in [1.165, 1.54) is 16.8 Å². The summed E-state index contributed by atoms with van der Waals surface area (Å²) in [5.41, 5.74) is -1.49. The Bertz CT molecular complexity index is 1210. The van der Waals surface area contributed by atoms with Crippen LogP contribution in [0.5, 0.6) is 5.75 Å². The molecule has 0 fully saturated rings. The van der Waals surface area contributed by atoms with Gasteiger partial charge in [-0.2, -0.15) is 0 Å². The van der Waals surface area contributed by atoms with Gasteiger partial charge >= 0.3 is 5.97 Å². The summed E-state index contributed by atoms with van der Waals surface area (Å²) in [5.74, 6) is -4.23. The van der Waals surface area contributed by atoms with Crippen LogP contribution >= 0.6 is 0 Å². The topological polar surface area (TPSA) is 106 Å². The van der Waals surface area contributed by atoms with Crippen LogP contribution in [-0.4, -0.2) is 28.9 Å². The third-order valence-corrected chi connectivity index (χ3v) is 5.94. The van der Waals surface area contributed by atoms with Crippen LogP contribution in [0.15, 0.2) is 29.2 Å². The fourth-order valence-electron chi connectivity index (χ4n) is 4.02. The van der Waals surface area contributed by atoms with Gasteiger partial charge in [-0.25, -0.2) is 8.78 Å². The maximum atomic E-state index is 13.9. The lowest BCUT2D eigenvalue weighted by Crippen LogP contribution is -2.40. The number of hydrogen-bond donors (Lipinski definition) is 2. The Balaban J connectivity index is 1.86. The van der Waals surface area contributed by atoms with E-state index in [0.717, 1.165) is 18.9 Å². The summed E-state index contributed by atoms with van der Waals surface area (Å²) in [5, 5.41) is 5.01. The average molecular weight is 490 g/mol. The maximum Gasteiger partial charge on any atom is 0.311 e. The molecule has 0 saturated heterocycles. The van der Waals surface area contributed by atoms with Gasteiger partial charge in [-0.15, -0.1) is 0 Å². The van der Waals surface area contributed by atoms with E-state index < -0.39 is 40.6 Å². The molecule has 0 radical (unpaired) electrons. The van der Waals surface area contributed by atoms with E-state index >= 15 is 0 Å². The molecule has 8 nitrogen and oxygen atoms in total. The van der Waals surface area contributed by atoms with Crippen molar-refractivity contribution in [3.63, 3.8) is 0 Å². The minimum atomic E-state index is -0.924. The third-order valence-electron chi connectivity index (χ3n) is 5.94. The van der Waals surface area contributed by atoms with Crippen molar-refractivity contribution in [1.29, 1.82) is 0 Å². The molecular formula is C25H29F2N3O5. The fraction of sp³-hybridized carbons (Fsp3) is 0.440. The fourth-order valence-corrected chi connectivity index (χ4v) is 4.02. The van der Waals surface area contributed by atoms with Crippen LogP contribution in [0.4, 0.5) is 8.78 Å². The Hall–Kier alpha value is -3.56. The predicted molar refractivity (Wildman–Crippen MR) is 124 cm³/mol. The molecule has 3 rings (SSSR count). The summed E-state index contributed by atoms with van der Waals surface area (Å²) in [7, 11) is 0. The second-order valence-corrected chi connectivity index (χ2v) is 9.31. The highest BCUT2D eigenvalue weighted by molar-refractivity contribution is 5.99. The normalized spacial score (nSPS) is 13.1. The minimum Gasteiger partial charge on any atom is -0.420 e. The lowest BCUT2D eigenvalue weighted by Gasteiger charge is -2.24. The lowest BCUT2D eigenvalue weighted by atomic mass is 9.83. The van der Waals surface area contributed by atoms with E-state index in [0.29, 0.717) is 12.5 Å².